The maximum Gasteiger partial charge on any atom is 0.312 e. The van der Waals surface area contributed by atoms with Crippen molar-refractivity contribution in [1.29, 1.82) is 0 Å². The van der Waals surface area contributed by atoms with Gasteiger partial charge in [-0.3, -0.25) is 4.79 Å². The van der Waals surface area contributed by atoms with E-state index in [2.05, 4.69) is 6.58 Å². The van der Waals surface area contributed by atoms with Crippen LogP contribution in [0.3, 0.4) is 0 Å². The molecule has 0 atom stereocenters. The van der Waals surface area contributed by atoms with E-state index in [1.165, 1.54) is 13.5 Å². The minimum Gasteiger partial charge on any atom is -0.469 e. The first-order valence-corrected chi connectivity index (χ1v) is 5.99. The zero-order valence-electron chi connectivity index (χ0n) is 9.35. The Morgan fingerprint density at radius 2 is 2.00 bits per heavy atom. The maximum atomic E-state index is 11.8. The lowest BCUT2D eigenvalue weighted by Gasteiger charge is -2.34. The quantitative estimate of drug-likeness (QED) is 0.421. The van der Waals surface area contributed by atoms with Crippen LogP contribution in [-0.2, 0) is 9.53 Å². The Bertz CT molecular complexity index is 242. The van der Waals surface area contributed by atoms with E-state index >= 15 is 0 Å². The van der Waals surface area contributed by atoms with E-state index < -0.39 is 0 Å². The first-order chi connectivity index (χ1) is 7.14. The Balaban J connectivity index is 2.75. The molecule has 0 aromatic rings. The highest BCUT2D eigenvalue weighted by Crippen LogP contribution is 2.42. The normalized spacial score (nSPS) is 19.6. The molecular formula is C12H19ClO2. The van der Waals surface area contributed by atoms with Crippen LogP contribution >= 0.6 is 11.6 Å². The smallest absolute Gasteiger partial charge is 0.312 e. The Kier molecular flexibility index (Phi) is 4.65. The summed E-state index contributed by atoms with van der Waals surface area (Å²) in [5, 5.41) is 0. The third-order valence-corrected chi connectivity index (χ3v) is 3.58. The average molecular weight is 231 g/mol. The molecular weight excluding hydrogens is 212 g/mol. The Morgan fingerprint density at radius 1 is 1.40 bits per heavy atom. The lowest BCUT2D eigenvalue weighted by atomic mass is 9.70. The summed E-state index contributed by atoms with van der Waals surface area (Å²) in [5.41, 5.74) is 0.600. The second kappa shape index (κ2) is 5.55. The number of hydrogen-bond donors (Lipinski definition) is 0. The Morgan fingerprint density at radius 3 is 2.47 bits per heavy atom. The molecule has 15 heavy (non-hydrogen) atoms. The molecule has 0 N–H and O–H groups in total. The van der Waals surface area contributed by atoms with E-state index in [9.17, 15) is 4.79 Å². The lowest BCUT2D eigenvalue weighted by molar-refractivity contribution is -0.154. The van der Waals surface area contributed by atoms with Crippen molar-refractivity contribution in [2.75, 3.05) is 13.0 Å². The first kappa shape index (κ1) is 12.6. The largest absolute Gasteiger partial charge is 0.469 e. The van der Waals surface area contributed by atoms with Crippen molar-refractivity contribution in [3.8, 4) is 0 Å². The number of allylic oxidation sites excluding steroid dienone is 1. The SMILES string of the molecule is C=C(CCl)CC1(C(=O)OC)CCCCC1. The van der Waals surface area contributed by atoms with Gasteiger partial charge in [0, 0.05) is 5.88 Å². The molecule has 1 saturated carbocycles. The van der Waals surface area contributed by atoms with Crippen molar-refractivity contribution in [3.63, 3.8) is 0 Å². The molecule has 86 valence electrons. The van der Waals surface area contributed by atoms with Crippen LogP contribution in [0.1, 0.15) is 38.5 Å². The van der Waals surface area contributed by atoms with Gasteiger partial charge in [0.2, 0.25) is 0 Å². The van der Waals surface area contributed by atoms with Crippen LogP contribution in [0, 0.1) is 5.41 Å². The summed E-state index contributed by atoms with van der Waals surface area (Å²) in [6, 6.07) is 0. The number of rotatable bonds is 4. The van der Waals surface area contributed by atoms with E-state index in [4.69, 9.17) is 16.3 Å². The van der Waals surface area contributed by atoms with Crippen LogP contribution in [0.5, 0.6) is 0 Å². The Labute approximate surface area is 96.6 Å². The summed E-state index contributed by atoms with van der Waals surface area (Å²) in [6.07, 6.45) is 5.93. The summed E-state index contributed by atoms with van der Waals surface area (Å²) in [5.74, 6) is 0.340. The first-order valence-electron chi connectivity index (χ1n) is 5.46. The molecule has 0 aromatic carbocycles. The van der Waals surface area contributed by atoms with Gasteiger partial charge < -0.3 is 4.74 Å². The Hall–Kier alpha value is -0.500. The molecule has 0 saturated heterocycles. The van der Waals surface area contributed by atoms with Gasteiger partial charge in [0.1, 0.15) is 0 Å². The van der Waals surface area contributed by atoms with Gasteiger partial charge in [0.05, 0.1) is 12.5 Å². The van der Waals surface area contributed by atoms with Gasteiger partial charge in [-0.1, -0.05) is 31.4 Å². The highest BCUT2D eigenvalue weighted by Gasteiger charge is 2.40. The van der Waals surface area contributed by atoms with Gasteiger partial charge in [0.15, 0.2) is 0 Å². The van der Waals surface area contributed by atoms with Gasteiger partial charge in [-0.05, 0) is 19.3 Å². The van der Waals surface area contributed by atoms with Crippen LogP contribution in [0.2, 0.25) is 0 Å². The summed E-state index contributed by atoms with van der Waals surface area (Å²) >= 11 is 5.73. The number of carbonyl (C=O) groups excluding carboxylic acids is 1. The minimum absolute atomic E-state index is 0.0894. The second-order valence-corrected chi connectivity index (χ2v) is 4.66. The van der Waals surface area contributed by atoms with E-state index in [-0.39, 0.29) is 11.4 Å². The van der Waals surface area contributed by atoms with Crippen molar-refractivity contribution in [1.82, 2.24) is 0 Å². The molecule has 0 unspecified atom stereocenters. The summed E-state index contributed by atoms with van der Waals surface area (Å²) in [6.45, 7) is 3.89. The molecule has 3 heteroatoms. The van der Waals surface area contributed by atoms with Gasteiger partial charge in [0.25, 0.3) is 0 Å². The number of halogens is 1. The fourth-order valence-electron chi connectivity index (χ4n) is 2.42. The molecule has 0 aromatic heterocycles. The van der Waals surface area contributed by atoms with Crippen molar-refractivity contribution in [3.05, 3.63) is 12.2 Å². The minimum atomic E-state index is -0.334. The van der Waals surface area contributed by atoms with Gasteiger partial charge >= 0.3 is 5.97 Å². The molecule has 1 rings (SSSR count). The second-order valence-electron chi connectivity index (χ2n) is 4.39. The maximum absolute atomic E-state index is 11.8. The summed E-state index contributed by atoms with van der Waals surface area (Å²) in [7, 11) is 1.46. The predicted molar refractivity (Wildman–Crippen MR) is 62.0 cm³/mol. The van der Waals surface area contributed by atoms with Crippen molar-refractivity contribution in [2.45, 2.75) is 38.5 Å². The molecule has 2 nitrogen and oxygen atoms in total. The number of esters is 1. The molecule has 0 amide bonds. The lowest BCUT2D eigenvalue weighted by Crippen LogP contribution is -2.35. The molecule has 0 aliphatic heterocycles. The van der Waals surface area contributed by atoms with Crippen molar-refractivity contribution in [2.24, 2.45) is 5.41 Å². The molecule has 1 aliphatic rings. The third-order valence-electron chi connectivity index (χ3n) is 3.21. The van der Waals surface area contributed by atoms with Crippen LogP contribution < -0.4 is 0 Å². The monoisotopic (exact) mass is 230 g/mol. The number of alkyl halides is 1. The highest BCUT2D eigenvalue weighted by molar-refractivity contribution is 6.19. The summed E-state index contributed by atoms with van der Waals surface area (Å²) in [4.78, 5) is 11.8. The summed E-state index contributed by atoms with van der Waals surface area (Å²) < 4.78 is 4.92. The van der Waals surface area contributed by atoms with E-state index in [0.29, 0.717) is 12.3 Å². The predicted octanol–water partition coefficient (Wildman–Crippen LogP) is 3.30. The van der Waals surface area contributed by atoms with Crippen LogP contribution in [0.15, 0.2) is 12.2 Å². The molecule has 1 fully saturated rings. The van der Waals surface area contributed by atoms with E-state index in [1.807, 2.05) is 0 Å². The number of methoxy groups -OCH3 is 1. The fraction of sp³-hybridized carbons (Fsp3) is 0.750. The van der Waals surface area contributed by atoms with Crippen LogP contribution in [-0.4, -0.2) is 19.0 Å². The molecule has 0 bridgehead atoms. The number of hydrogen-bond acceptors (Lipinski definition) is 2. The topological polar surface area (TPSA) is 26.3 Å². The standard InChI is InChI=1S/C12H19ClO2/c1-10(9-13)8-12(11(14)15-2)6-4-3-5-7-12/h1,3-9H2,2H3. The van der Waals surface area contributed by atoms with Crippen LogP contribution in [0.4, 0.5) is 0 Å². The third kappa shape index (κ3) is 2.97. The van der Waals surface area contributed by atoms with Crippen molar-refractivity contribution < 1.29 is 9.53 Å². The van der Waals surface area contributed by atoms with Crippen LogP contribution in [0.25, 0.3) is 0 Å². The zero-order chi connectivity index (χ0) is 11.3. The zero-order valence-corrected chi connectivity index (χ0v) is 10.1. The number of ether oxygens (including phenoxy) is 1. The highest BCUT2D eigenvalue weighted by atomic mass is 35.5. The molecule has 1 aliphatic carbocycles. The van der Waals surface area contributed by atoms with Crippen molar-refractivity contribution >= 4 is 17.6 Å². The van der Waals surface area contributed by atoms with Gasteiger partial charge in [-0.25, -0.2) is 0 Å². The van der Waals surface area contributed by atoms with E-state index in [1.54, 1.807) is 0 Å². The molecule has 0 heterocycles. The number of carbonyl (C=O) groups is 1. The van der Waals surface area contributed by atoms with Gasteiger partial charge in [-0.2, -0.15) is 0 Å². The molecule has 0 radical (unpaired) electrons. The average Bonchev–Trinajstić information content (AvgIpc) is 2.29. The van der Waals surface area contributed by atoms with Gasteiger partial charge in [-0.15, -0.1) is 11.6 Å². The molecule has 0 spiro atoms. The van der Waals surface area contributed by atoms with E-state index in [0.717, 1.165) is 31.3 Å². The fourth-order valence-corrected chi connectivity index (χ4v) is 2.52.